The Bertz CT molecular complexity index is 888. The summed E-state index contributed by atoms with van der Waals surface area (Å²) >= 11 is 6.08. The maximum absolute atomic E-state index is 11.7. The second-order valence-corrected chi connectivity index (χ2v) is 6.41. The summed E-state index contributed by atoms with van der Waals surface area (Å²) in [4.78, 5) is 22.4. The minimum atomic E-state index is -0.497. The van der Waals surface area contributed by atoms with Gasteiger partial charge in [-0.15, -0.1) is 0 Å². The number of rotatable bonds is 4. The lowest BCUT2D eigenvalue weighted by Gasteiger charge is -2.05. The van der Waals surface area contributed by atoms with Crippen LogP contribution in [-0.2, 0) is 4.79 Å². The number of ether oxygens (including phenoxy) is 1. The molecule has 7 nitrogen and oxygen atoms in total. The van der Waals surface area contributed by atoms with E-state index in [9.17, 15) is 14.9 Å². The lowest BCUT2D eigenvalue weighted by atomic mass is 10.1. The quantitative estimate of drug-likeness (QED) is 0.386. The smallest absolute Gasteiger partial charge is 0.273 e. The number of nitro benzene ring substituents is 1. The maximum atomic E-state index is 11.7. The molecule has 2 heterocycles. The Morgan fingerprint density at radius 1 is 1.38 bits per heavy atom. The monoisotopic (exact) mass is 362 g/mol. The van der Waals surface area contributed by atoms with Gasteiger partial charge in [0, 0.05) is 12.1 Å². The number of nitrogens with zero attached hydrogens (tertiary/aromatic N) is 1. The van der Waals surface area contributed by atoms with Crippen molar-refractivity contribution in [2.45, 2.75) is 0 Å². The Balaban J connectivity index is 1.94. The molecule has 122 valence electrons. The van der Waals surface area contributed by atoms with E-state index >= 15 is 0 Å². The van der Waals surface area contributed by atoms with Gasteiger partial charge in [0.1, 0.15) is 21.6 Å². The summed E-state index contributed by atoms with van der Waals surface area (Å²) in [5, 5.41) is 13.4. The number of methoxy groups -OCH3 is 1. The van der Waals surface area contributed by atoms with E-state index < -0.39 is 4.92 Å². The van der Waals surface area contributed by atoms with Gasteiger partial charge in [0.25, 0.3) is 11.6 Å². The van der Waals surface area contributed by atoms with Crippen molar-refractivity contribution in [1.29, 1.82) is 0 Å². The van der Waals surface area contributed by atoms with Crippen LogP contribution in [0.25, 0.3) is 17.4 Å². The van der Waals surface area contributed by atoms with Gasteiger partial charge >= 0.3 is 0 Å². The number of non-ortho nitro benzene ring substituents is 1. The number of carbonyl (C=O) groups excluding carboxylic acids is 1. The molecule has 0 saturated carbocycles. The van der Waals surface area contributed by atoms with E-state index in [0.29, 0.717) is 32.1 Å². The van der Waals surface area contributed by atoms with E-state index in [1.807, 2.05) is 0 Å². The van der Waals surface area contributed by atoms with Crippen LogP contribution >= 0.6 is 24.0 Å². The molecule has 1 aliphatic heterocycles. The second kappa shape index (κ2) is 6.46. The van der Waals surface area contributed by atoms with E-state index in [1.54, 1.807) is 24.3 Å². The largest absolute Gasteiger partial charge is 0.496 e. The average Bonchev–Trinajstić information content (AvgIpc) is 3.13. The van der Waals surface area contributed by atoms with E-state index in [4.69, 9.17) is 21.4 Å². The number of hydrogen-bond donors (Lipinski definition) is 1. The molecule has 9 heteroatoms. The second-order valence-electron chi connectivity index (χ2n) is 4.70. The molecule has 1 aromatic heterocycles. The van der Waals surface area contributed by atoms with Gasteiger partial charge in [-0.1, -0.05) is 24.0 Å². The van der Waals surface area contributed by atoms with Crippen LogP contribution in [0.15, 0.2) is 39.7 Å². The fraction of sp³-hybridized carbons (Fsp3) is 0.0667. The van der Waals surface area contributed by atoms with E-state index in [0.717, 1.165) is 11.8 Å². The minimum Gasteiger partial charge on any atom is -0.496 e. The molecular formula is C15H10N2O5S2. The Morgan fingerprint density at radius 3 is 2.79 bits per heavy atom. The predicted octanol–water partition coefficient (Wildman–Crippen LogP) is 3.35. The normalized spacial score (nSPS) is 15.6. The fourth-order valence-corrected chi connectivity index (χ4v) is 3.15. The van der Waals surface area contributed by atoms with Gasteiger partial charge in [-0.05, 0) is 18.2 Å². The zero-order chi connectivity index (χ0) is 17.3. The fourth-order valence-electron chi connectivity index (χ4n) is 2.12. The summed E-state index contributed by atoms with van der Waals surface area (Å²) in [6.07, 6.45) is 1.58. The zero-order valence-corrected chi connectivity index (χ0v) is 13.9. The van der Waals surface area contributed by atoms with Crippen molar-refractivity contribution < 1.29 is 18.9 Å². The van der Waals surface area contributed by atoms with Crippen molar-refractivity contribution in [3.05, 3.63) is 51.1 Å². The van der Waals surface area contributed by atoms with E-state index in [1.165, 1.54) is 19.2 Å². The number of thioether (sulfide) groups is 1. The number of nitrogens with one attached hydrogen (secondary N) is 1. The molecular weight excluding hydrogens is 352 g/mol. The summed E-state index contributed by atoms with van der Waals surface area (Å²) in [6, 6.07) is 7.65. The first-order chi connectivity index (χ1) is 11.5. The molecule has 0 radical (unpaired) electrons. The molecule has 1 fully saturated rings. The molecule has 24 heavy (non-hydrogen) atoms. The Hall–Kier alpha value is -2.65. The minimum absolute atomic E-state index is 0.0722. The van der Waals surface area contributed by atoms with Gasteiger partial charge in [0.15, 0.2) is 0 Å². The highest BCUT2D eigenvalue weighted by Gasteiger charge is 2.23. The van der Waals surface area contributed by atoms with Crippen LogP contribution in [0.1, 0.15) is 5.76 Å². The van der Waals surface area contributed by atoms with Gasteiger partial charge in [-0.25, -0.2) is 0 Å². The van der Waals surface area contributed by atoms with Crippen LogP contribution in [-0.4, -0.2) is 22.3 Å². The molecule has 1 aromatic carbocycles. The topological polar surface area (TPSA) is 94.6 Å². The highest BCUT2D eigenvalue weighted by atomic mass is 32.2. The number of hydrogen-bond acceptors (Lipinski definition) is 7. The lowest BCUT2D eigenvalue weighted by Crippen LogP contribution is -2.17. The number of amides is 1. The average molecular weight is 362 g/mol. The number of nitro groups is 1. The van der Waals surface area contributed by atoms with E-state index in [2.05, 4.69) is 5.32 Å². The third kappa shape index (κ3) is 3.17. The highest BCUT2D eigenvalue weighted by molar-refractivity contribution is 8.26. The highest BCUT2D eigenvalue weighted by Crippen LogP contribution is 2.35. The predicted molar refractivity (Wildman–Crippen MR) is 93.7 cm³/mol. The molecule has 0 spiro atoms. The molecule has 0 unspecified atom stereocenters. The summed E-state index contributed by atoms with van der Waals surface area (Å²) in [6.45, 7) is 0. The standard InChI is InChI=1S/C15H10N2O5S2/c1-21-12-6-8(17(19)20)2-4-10(12)11-5-3-9(22-11)7-13-14(18)16-15(23)24-13/h2-7H,1H3,(H,16,18,23)/b13-7-. The molecule has 0 atom stereocenters. The first-order valence-corrected chi connectivity index (χ1v) is 7.88. The van der Waals surface area contributed by atoms with Crippen LogP contribution in [0, 0.1) is 10.1 Å². The molecule has 0 aliphatic carbocycles. The van der Waals surface area contributed by atoms with Crippen LogP contribution < -0.4 is 10.1 Å². The van der Waals surface area contributed by atoms with Crippen molar-refractivity contribution in [3.8, 4) is 17.1 Å². The van der Waals surface area contributed by atoms with Crippen molar-refractivity contribution in [2.75, 3.05) is 7.11 Å². The molecule has 1 N–H and O–H groups in total. The number of benzene rings is 1. The van der Waals surface area contributed by atoms with Crippen molar-refractivity contribution in [1.82, 2.24) is 5.32 Å². The Kier molecular flexibility index (Phi) is 4.36. The molecule has 3 rings (SSSR count). The summed E-state index contributed by atoms with van der Waals surface area (Å²) in [7, 11) is 1.43. The van der Waals surface area contributed by atoms with Crippen molar-refractivity contribution >= 4 is 46.0 Å². The van der Waals surface area contributed by atoms with Gasteiger partial charge in [-0.3, -0.25) is 14.9 Å². The Labute approximate surface area is 145 Å². The van der Waals surface area contributed by atoms with Gasteiger partial charge in [0.05, 0.1) is 28.6 Å². The van der Waals surface area contributed by atoms with Crippen molar-refractivity contribution in [2.24, 2.45) is 0 Å². The van der Waals surface area contributed by atoms with Gasteiger partial charge in [0.2, 0.25) is 0 Å². The molecule has 0 bridgehead atoms. The van der Waals surface area contributed by atoms with Gasteiger partial charge in [-0.2, -0.15) is 0 Å². The zero-order valence-electron chi connectivity index (χ0n) is 12.3. The maximum Gasteiger partial charge on any atom is 0.273 e. The molecule has 1 amide bonds. The lowest BCUT2D eigenvalue weighted by molar-refractivity contribution is -0.384. The van der Waals surface area contributed by atoms with Crippen LogP contribution in [0.2, 0.25) is 0 Å². The summed E-state index contributed by atoms with van der Waals surface area (Å²) in [5.74, 6) is 0.995. The SMILES string of the molecule is COc1cc([N+](=O)[O-])ccc1-c1ccc(/C=C2\SC(=S)NC2=O)o1. The first kappa shape index (κ1) is 16.2. The molecule has 1 aliphatic rings. The third-order valence-electron chi connectivity index (χ3n) is 3.20. The number of carbonyl (C=O) groups is 1. The Morgan fingerprint density at radius 2 is 2.17 bits per heavy atom. The van der Waals surface area contributed by atoms with Crippen molar-refractivity contribution in [3.63, 3.8) is 0 Å². The molecule has 2 aromatic rings. The number of thiocarbonyl (C=S) groups is 1. The van der Waals surface area contributed by atoms with Crippen LogP contribution in [0.5, 0.6) is 5.75 Å². The van der Waals surface area contributed by atoms with Gasteiger partial charge < -0.3 is 14.5 Å². The van der Waals surface area contributed by atoms with Crippen LogP contribution in [0.4, 0.5) is 5.69 Å². The molecule has 1 saturated heterocycles. The van der Waals surface area contributed by atoms with Crippen LogP contribution in [0.3, 0.4) is 0 Å². The number of furan rings is 1. The summed E-state index contributed by atoms with van der Waals surface area (Å²) in [5.41, 5.74) is 0.504. The van der Waals surface area contributed by atoms with E-state index in [-0.39, 0.29) is 11.6 Å². The third-order valence-corrected chi connectivity index (χ3v) is 4.37. The first-order valence-electron chi connectivity index (χ1n) is 6.65. The summed E-state index contributed by atoms with van der Waals surface area (Å²) < 4.78 is 11.3.